The Morgan fingerprint density at radius 3 is 3.07 bits per heavy atom. The molecule has 0 radical (unpaired) electrons. The van der Waals surface area contributed by atoms with Crippen LogP contribution in [0.1, 0.15) is 10.4 Å². The predicted octanol–water partition coefficient (Wildman–Crippen LogP) is 3.46. The molecule has 2 rings (SSSR count). The first-order valence-corrected chi connectivity index (χ1v) is 5.95. The molecule has 2 heterocycles. The Balaban J connectivity index is 2.04. The Hall–Kier alpha value is -1.06. The standard InChI is InChI=1S/C11H10ClNOS/c12-6-9-7-13-4-3-11(9)14-8-10-2-1-5-15-10/h1-5,7H,6,8H2. The van der Waals surface area contributed by atoms with Gasteiger partial charge in [-0.3, -0.25) is 4.98 Å². The van der Waals surface area contributed by atoms with Crippen LogP contribution in [0.3, 0.4) is 0 Å². The van der Waals surface area contributed by atoms with Crippen LogP contribution in [0.2, 0.25) is 0 Å². The summed E-state index contributed by atoms with van der Waals surface area (Å²) in [5.74, 6) is 1.24. The molecular formula is C11H10ClNOS. The molecule has 0 spiro atoms. The second-order valence-corrected chi connectivity index (χ2v) is 4.28. The maximum Gasteiger partial charge on any atom is 0.127 e. The SMILES string of the molecule is ClCc1cnccc1OCc1cccs1. The molecule has 15 heavy (non-hydrogen) atoms. The minimum absolute atomic E-state index is 0.424. The van der Waals surface area contributed by atoms with E-state index in [2.05, 4.69) is 4.98 Å². The molecule has 0 atom stereocenters. The molecule has 78 valence electrons. The lowest BCUT2D eigenvalue weighted by Gasteiger charge is -2.07. The fourth-order valence-electron chi connectivity index (χ4n) is 1.20. The normalized spacial score (nSPS) is 10.2. The average Bonchev–Trinajstić information content (AvgIpc) is 2.79. The van der Waals surface area contributed by atoms with Crippen LogP contribution in [0.15, 0.2) is 36.0 Å². The Kier molecular flexibility index (Phi) is 3.59. The quantitative estimate of drug-likeness (QED) is 0.763. The first-order chi connectivity index (χ1) is 7.40. The number of ether oxygens (including phenoxy) is 1. The molecule has 0 fully saturated rings. The predicted molar refractivity (Wildman–Crippen MR) is 62.4 cm³/mol. The number of aromatic nitrogens is 1. The molecule has 0 saturated heterocycles. The molecule has 0 saturated carbocycles. The van der Waals surface area contributed by atoms with Crippen LogP contribution >= 0.6 is 22.9 Å². The zero-order valence-corrected chi connectivity index (χ0v) is 9.59. The molecule has 2 aromatic heterocycles. The minimum Gasteiger partial charge on any atom is -0.488 e. The van der Waals surface area contributed by atoms with Crippen molar-refractivity contribution in [1.29, 1.82) is 0 Å². The van der Waals surface area contributed by atoms with Crippen LogP contribution in [-0.2, 0) is 12.5 Å². The molecule has 0 aliphatic heterocycles. The highest BCUT2D eigenvalue weighted by atomic mass is 35.5. The van der Waals surface area contributed by atoms with Crippen molar-refractivity contribution in [1.82, 2.24) is 4.98 Å². The number of nitrogens with zero attached hydrogens (tertiary/aromatic N) is 1. The summed E-state index contributed by atoms with van der Waals surface area (Å²) in [7, 11) is 0. The van der Waals surface area contributed by atoms with Gasteiger partial charge >= 0.3 is 0 Å². The summed E-state index contributed by atoms with van der Waals surface area (Å²) in [6.07, 6.45) is 3.44. The highest BCUT2D eigenvalue weighted by Gasteiger charge is 2.02. The van der Waals surface area contributed by atoms with Crippen molar-refractivity contribution in [3.63, 3.8) is 0 Å². The van der Waals surface area contributed by atoms with Gasteiger partial charge in [0.2, 0.25) is 0 Å². The van der Waals surface area contributed by atoms with Gasteiger partial charge in [-0.15, -0.1) is 22.9 Å². The van der Waals surface area contributed by atoms with Crippen molar-refractivity contribution in [2.24, 2.45) is 0 Å². The van der Waals surface area contributed by atoms with E-state index in [9.17, 15) is 0 Å². The van der Waals surface area contributed by atoms with Crippen molar-refractivity contribution in [3.05, 3.63) is 46.4 Å². The molecule has 0 aromatic carbocycles. The largest absolute Gasteiger partial charge is 0.488 e. The Labute approximate surface area is 97.5 Å². The molecule has 0 aliphatic rings. The van der Waals surface area contributed by atoms with E-state index < -0.39 is 0 Å². The summed E-state index contributed by atoms with van der Waals surface area (Å²) in [6, 6.07) is 5.90. The molecule has 2 aromatic rings. The van der Waals surface area contributed by atoms with Crippen molar-refractivity contribution in [2.45, 2.75) is 12.5 Å². The molecular weight excluding hydrogens is 230 g/mol. The molecule has 0 aliphatic carbocycles. The van der Waals surface area contributed by atoms with Gasteiger partial charge in [0.15, 0.2) is 0 Å². The van der Waals surface area contributed by atoms with Gasteiger partial charge in [0.25, 0.3) is 0 Å². The highest BCUT2D eigenvalue weighted by molar-refractivity contribution is 7.09. The molecule has 4 heteroatoms. The Morgan fingerprint density at radius 2 is 2.33 bits per heavy atom. The van der Waals surface area contributed by atoms with E-state index in [0.29, 0.717) is 12.5 Å². The maximum atomic E-state index is 5.78. The van der Waals surface area contributed by atoms with Gasteiger partial charge in [0, 0.05) is 22.8 Å². The third kappa shape index (κ3) is 2.70. The van der Waals surface area contributed by atoms with Crippen LogP contribution in [0.4, 0.5) is 0 Å². The zero-order chi connectivity index (χ0) is 10.5. The lowest BCUT2D eigenvalue weighted by molar-refractivity contribution is 0.307. The number of rotatable bonds is 4. The second kappa shape index (κ2) is 5.14. The van der Waals surface area contributed by atoms with Crippen LogP contribution in [0.5, 0.6) is 5.75 Å². The first kappa shape index (κ1) is 10.5. The van der Waals surface area contributed by atoms with Crippen molar-refractivity contribution < 1.29 is 4.74 Å². The van der Waals surface area contributed by atoms with E-state index in [0.717, 1.165) is 11.3 Å². The number of halogens is 1. The monoisotopic (exact) mass is 239 g/mol. The number of alkyl halides is 1. The van der Waals surface area contributed by atoms with Crippen LogP contribution < -0.4 is 4.74 Å². The van der Waals surface area contributed by atoms with Gasteiger partial charge < -0.3 is 4.74 Å². The fraction of sp³-hybridized carbons (Fsp3) is 0.182. The number of thiophene rings is 1. The minimum atomic E-state index is 0.424. The number of hydrogen-bond donors (Lipinski definition) is 0. The number of hydrogen-bond acceptors (Lipinski definition) is 3. The maximum absolute atomic E-state index is 5.78. The molecule has 0 amide bonds. The van der Waals surface area contributed by atoms with E-state index in [1.807, 2.05) is 23.6 Å². The average molecular weight is 240 g/mol. The summed E-state index contributed by atoms with van der Waals surface area (Å²) in [5.41, 5.74) is 0.927. The van der Waals surface area contributed by atoms with E-state index in [4.69, 9.17) is 16.3 Å². The highest BCUT2D eigenvalue weighted by Crippen LogP contribution is 2.20. The van der Waals surface area contributed by atoms with E-state index in [-0.39, 0.29) is 0 Å². The Bertz CT molecular complexity index is 416. The molecule has 0 bridgehead atoms. The topological polar surface area (TPSA) is 22.1 Å². The summed E-state index contributed by atoms with van der Waals surface area (Å²) < 4.78 is 5.66. The van der Waals surface area contributed by atoms with E-state index in [1.54, 1.807) is 23.7 Å². The summed E-state index contributed by atoms with van der Waals surface area (Å²) >= 11 is 7.46. The van der Waals surface area contributed by atoms with Crippen molar-refractivity contribution >= 4 is 22.9 Å². The molecule has 2 nitrogen and oxygen atoms in total. The zero-order valence-electron chi connectivity index (χ0n) is 8.02. The first-order valence-electron chi connectivity index (χ1n) is 4.54. The summed E-state index contributed by atoms with van der Waals surface area (Å²) in [5, 5.41) is 2.04. The van der Waals surface area contributed by atoms with Gasteiger partial charge in [0.05, 0.1) is 5.88 Å². The van der Waals surface area contributed by atoms with Gasteiger partial charge in [0.1, 0.15) is 12.4 Å². The van der Waals surface area contributed by atoms with Gasteiger partial charge in [-0.25, -0.2) is 0 Å². The fourth-order valence-corrected chi connectivity index (χ4v) is 2.02. The van der Waals surface area contributed by atoms with Gasteiger partial charge in [-0.2, -0.15) is 0 Å². The second-order valence-electron chi connectivity index (χ2n) is 2.99. The smallest absolute Gasteiger partial charge is 0.127 e. The third-order valence-corrected chi connectivity index (χ3v) is 3.09. The summed E-state index contributed by atoms with van der Waals surface area (Å²) in [4.78, 5) is 5.20. The summed E-state index contributed by atoms with van der Waals surface area (Å²) in [6.45, 7) is 0.589. The van der Waals surface area contributed by atoms with E-state index in [1.165, 1.54) is 4.88 Å². The Morgan fingerprint density at radius 1 is 1.40 bits per heavy atom. The van der Waals surface area contributed by atoms with Gasteiger partial charge in [-0.1, -0.05) is 6.07 Å². The van der Waals surface area contributed by atoms with E-state index >= 15 is 0 Å². The van der Waals surface area contributed by atoms with Crippen molar-refractivity contribution in [3.8, 4) is 5.75 Å². The number of pyridine rings is 1. The lowest BCUT2D eigenvalue weighted by atomic mass is 10.3. The van der Waals surface area contributed by atoms with Crippen LogP contribution in [-0.4, -0.2) is 4.98 Å². The molecule has 0 N–H and O–H groups in total. The lowest BCUT2D eigenvalue weighted by Crippen LogP contribution is -1.96. The molecule has 0 unspecified atom stereocenters. The van der Waals surface area contributed by atoms with Gasteiger partial charge in [-0.05, 0) is 17.5 Å². The van der Waals surface area contributed by atoms with Crippen molar-refractivity contribution in [2.75, 3.05) is 0 Å². The van der Waals surface area contributed by atoms with Crippen LogP contribution in [0, 0.1) is 0 Å². The van der Waals surface area contributed by atoms with Crippen LogP contribution in [0.25, 0.3) is 0 Å². The third-order valence-electron chi connectivity index (χ3n) is 1.95.